The summed E-state index contributed by atoms with van der Waals surface area (Å²) in [6.45, 7) is 0.355. The highest BCUT2D eigenvalue weighted by molar-refractivity contribution is 7.91. The molecule has 0 fully saturated rings. The number of ether oxygens (including phenoxy) is 1. The number of para-hydroxylation sites is 1. The van der Waals surface area contributed by atoms with Crippen molar-refractivity contribution >= 4 is 26.5 Å². The smallest absolute Gasteiger partial charge is 0.269 e. The number of nitrogens with two attached hydrogens (primary N) is 1. The number of nitrogen functional groups attached to an aromatic ring is 1. The number of hydrogen-bond acceptors (Lipinski definition) is 7. The SMILES string of the molecule is Nc1nnc(S(=O)(=O)NCCOc2ccccc2)s1. The summed E-state index contributed by atoms with van der Waals surface area (Å²) < 4.78 is 31.1. The molecule has 0 amide bonds. The van der Waals surface area contributed by atoms with E-state index in [1.165, 1.54) is 0 Å². The standard InChI is InChI=1S/C10H12N4O3S2/c11-9-13-14-10(18-9)19(15,16)12-6-7-17-8-4-2-1-3-5-8/h1-5,12H,6-7H2,(H2,11,13). The summed E-state index contributed by atoms with van der Waals surface area (Å²) in [5.41, 5.74) is 5.33. The highest BCUT2D eigenvalue weighted by Crippen LogP contribution is 2.16. The highest BCUT2D eigenvalue weighted by Gasteiger charge is 2.18. The van der Waals surface area contributed by atoms with E-state index in [4.69, 9.17) is 10.5 Å². The van der Waals surface area contributed by atoms with Crippen molar-refractivity contribution in [2.24, 2.45) is 0 Å². The number of rotatable bonds is 6. The van der Waals surface area contributed by atoms with Gasteiger partial charge in [-0.2, -0.15) is 0 Å². The van der Waals surface area contributed by atoms with E-state index in [1.807, 2.05) is 18.2 Å². The fourth-order valence-corrected chi connectivity index (χ4v) is 3.09. The lowest BCUT2D eigenvalue weighted by atomic mass is 10.3. The van der Waals surface area contributed by atoms with E-state index in [0.29, 0.717) is 5.75 Å². The number of benzene rings is 1. The van der Waals surface area contributed by atoms with Crippen molar-refractivity contribution in [1.82, 2.24) is 14.9 Å². The molecule has 7 nitrogen and oxygen atoms in total. The molecule has 1 aromatic carbocycles. The maximum atomic E-state index is 11.7. The summed E-state index contributed by atoms with van der Waals surface area (Å²) in [5, 5.41) is 7.04. The molecule has 2 rings (SSSR count). The van der Waals surface area contributed by atoms with Crippen LogP contribution < -0.4 is 15.2 Å². The van der Waals surface area contributed by atoms with E-state index in [0.717, 1.165) is 11.3 Å². The lowest BCUT2D eigenvalue weighted by Crippen LogP contribution is -2.28. The molecule has 0 saturated heterocycles. The van der Waals surface area contributed by atoms with Crippen molar-refractivity contribution in [2.45, 2.75) is 4.34 Å². The third-order valence-corrected chi connectivity index (χ3v) is 4.64. The predicted molar refractivity (Wildman–Crippen MR) is 71.4 cm³/mol. The van der Waals surface area contributed by atoms with Gasteiger partial charge in [-0.25, -0.2) is 13.1 Å². The van der Waals surface area contributed by atoms with Gasteiger partial charge >= 0.3 is 0 Å². The average molecular weight is 300 g/mol. The number of anilines is 1. The lowest BCUT2D eigenvalue weighted by Gasteiger charge is -2.06. The molecule has 0 atom stereocenters. The molecule has 19 heavy (non-hydrogen) atoms. The van der Waals surface area contributed by atoms with E-state index < -0.39 is 10.0 Å². The summed E-state index contributed by atoms with van der Waals surface area (Å²) in [5.74, 6) is 0.682. The topological polar surface area (TPSA) is 107 Å². The van der Waals surface area contributed by atoms with Gasteiger partial charge in [-0.05, 0) is 12.1 Å². The van der Waals surface area contributed by atoms with Crippen LogP contribution in [0, 0.1) is 0 Å². The van der Waals surface area contributed by atoms with Crippen molar-refractivity contribution in [3.63, 3.8) is 0 Å². The Hall–Kier alpha value is -1.71. The normalized spacial score (nSPS) is 11.4. The Morgan fingerprint density at radius 1 is 1.26 bits per heavy atom. The number of nitrogens with one attached hydrogen (secondary N) is 1. The number of sulfonamides is 1. The van der Waals surface area contributed by atoms with E-state index in [1.54, 1.807) is 12.1 Å². The number of nitrogens with zero attached hydrogens (tertiary/aromatic N) is 2. The zero-order valence-corrected chi connectivity index (χ0v) is 11.4. The van der Waals surface area contributed by atoms with E-state index in [-0.39, 0.29) is 22.6 Å². The molecule has 0 unspecified atom stereocenters. The fourth-order valence-electron chi connectivity index (χ4n) is 1.25. The molecule has 1 heterocycles. The van der Waals surface area contributed by atoms with Gasteiger partial charge < -0.3 is 10.5 Å². The monoisotopic (exact) mass is 300 g/mol. The summed E-state index contributed by atoms with van der Waals surface area (Å²) >= 11 is 0.813. The van der Waals surface area contributed by atoms with Crippen LogP contribution in [0.15, 0.2) is 34.7 Å². The molecule has 0 bridgehead atoms. The Morgan fingerprint density at radius 2 is 2.00 bits per heavy atom. The first-order valence-corrected chi connectivity index (χ1v) is 7.64. The van der Waals surface area contributed by atoms with Crippen LogP contribution in [0.3, 0.4) is 0 Å². The molecule has 0 aliphatic carbocycles. The number of aromatic nitrogens is 2. The Labute approximate surface area is 114 Å². The van der Waals surface area contributed by atoms with Gasteiger partial charge in [0.15, 0.2) is 0 Å². The summed E-state index contributed by atoms with van der Waals surface area (Å²) in [6, 6.07) is 9.13. The van der Waals surface area contributed by atoms with Gasteiger partial charge in [0.05, 0.1) is 0 Å². The molecule has 2 aromatic rings. The second-order valence-corrected chi connectivity index (χ2v) is 6.42. The Bertz CT molecular complexity index is 627. The maximum absolute atomic E-state index is 11.7. The zero-order valence-electron chi connectivity index (χ0n) is 9.81. The molecule has 0 radical (unpaired) electrons. The largest absolute Gasteiger partial charge is 0.492 e. The van der Waals surface area contributed by atoms with Gasteiger partial charge in [0, 0.05) is 6.54 Å². The predicted octanol–water partition coefficient (Wildman–Crippen LogP) is 0.478. The van der Waals surface area contributed by atoms with Crippen molar-refractivity contribution in [2.75, 3.05) is 18.9 Å². The molecule has 0 spiro atoms. The summed E-state index contributed by atoms with van der Waals surface area (Å²) in [6.07, 6.45) is 0. The van der Waals surface area contributed by atoms with Crippen LogP contribution >= 0.6 is 11.3 Å². The van der Waals surface area contributed by atoms with Crippen LogP contribution in [0.5, 0.6) is 5.75 Å². The van der Waals surface area contributed by atoms with E-state index in [2.05, 4.69) is 14.9 Å². The van der Waals surface area contributed by atoms with Crippen LogP contribution in [0.1, 0.15) is 0 Å². The average Bonchev–Trinajstić information content (AvgIpc) is 2.84. The van der Waals surface area contributed by atoms with Crippen molar-refractivity contribution < 1.29 is 13.2 Å². The molecule has 0 aliphatic heterocycles. The molecular formula is C10H12N4O3S2. The quantitative estimate of drug-likeness (QED) is 0.751. The van der Waals surface area contributed by atoms with Gasteiger partial charge in [0.25, 0.3) is 10.0 Å². The minimum absolute atomic E-state index is 0.112. The molecular weight excluding hydrogens is 288 g/mol. The molecule has 3 N–H and O–H groups in total. The van der Waals surface area contributed by atoms with Crippen molar-refractivity contribution in [3.05, 3.63) is 30.3 Å². The molecule has 9 heteroatoms. The van der Waals surface area contributed by atoms with Gasteiger partial charge in [-0.1, -0.05) is 29.5 Å². The summed E-state index contributed by atoms with van der Waals surface area (Å²) in [7, 11) is -3.66. The van der Waals surface area contributed by atoms with Gasteiger partial charge in [-0.3, -0.25) is 0 Å². The van der Waals surface area contributed by atoms with Crippen LogP contribution in [0.25, 0.3) is 0 Å². The first-order chi connectivity index (χ1) is 9.08. The Kier molecular flexibility index (Phi) is 4.30. The second-order valence-electron chi connectivity index (χ2n) is 3.47. The molecule has 1 aromatic heterocycles. The highest BCUT2D eigenvalue weighted by atomic mass is 32.2. The minimum atomic E-state index is -3.66. The van der Waals surface area contributed by atoms with Crippen LogP contribution in [0.4, 0.5) is 5.13 Å². The lowest BCUT2D eigenvalue weighted by molar-refractivity contribution is 0.323. The molecule has 102 valence electrons. The van der Waals surface area contributed by atoms with Crippen molar-refractivity contribution in [1.29, 1.82) is 0 Å². The van der Waals surface area contributed by atoms with E-state index in [9.17, 15) is 8.42 Å². The van der Waals surface area contributed by atoms with Crippen LogP contribution in [-0.4, -0.2) is 31.8 Å². The minimum Gasteiger partial charge on any atom is -0.492 e. The first kappa shape index (κ1) is 13.7. The Balaban J connectivity index is 1.83. The van der Waals surface area contributed by atoms with Gasteiger partial charge in [0.1, 0.15) is 12.4 Å². The van der Waals surface area contributed by atoms with E-state index >= 15 is 0 Å². The first-order valence-electron chi connectivity index (χ1n) is 5.34. The van der Waals surface area contributed by atoms with Crippen LogP contribution in [0.2, 0.25) is 0 Å². The maximum Gasteiger partial charge on any atom is 0.269 e. The molecule has 0 aliphatic rings. The van der Waals surface area contributed by atoms with Crippen LogP contribution in [-0.2, 0) is 10.0 Å². The molecule has 0 saturated carbocycles. The number of hydrogen-bond donors (Lipinski definition) is 2. The summed E-state index contributed by atoms with van der Waals surface area (Å²) in [4.78, 5) is 0. The van der Waals surface area contributed by atoms with Crippen molar-refractivity contribution in [3.8, 4) is 5.75 Å². The fraction of sp³-hybridized carbons (Fsp3) is 0.200. The third kappa shape index (κ3) is 3.88. The third-order valence-electron chi connectivity index (χ3n) is 2.06. The van der Waals surface area contributed by atoms with Gasteiger partial charge in [-0.15, -0.1) is 10.2 Å². The second kappa shape index (κ2) is 5.95. The Morgan fingerprint density at radius 3 is 2.63 bits per heavy atom. The zero-order chi connectivity index (χ0) is 13.7. The van der Waals surface area contributed by atoms with Gasteiger partial charge in [0.2, 0.25) is 9.47 Å².